The fourth-order valence-corrected chi connectivity index (χ4v) is 4.29. The van der Waals surface area contributed by atoms with Crippen LogP contribution in [0.25, 0.3) is 0 Å². The maximum Gasteiger partial charge on any atom is 0.269 e. The monoisotopic (exact) mass is 362 g/mol. The highest BCUT2D eigenvalue weighted by Gasteiger charge is 2.77. The van der Waals surface area contributed by atoms with Crippen LogP contribution in [0, 0.1) is 16.2 Å². The van der Waals surface area contributed by atoms with Crippen molar-refractivity contribution < 1.29 is 19.2 Å². The number of rotatable bonds is 2. The van der Waals surface area contributed by atoms with Crippen LogP contribution in [0.3, 0.4) is 0 Å². The van der Waals surface area contributed by atoms with Gasteiger partial charge in [-0.15, -0.1) is 0 Å². The number of hydrazine groups is 1. The van der Waals surface area contributed by atoms with Gasteiger partial charge in [-0.25, -0.2) is 0 Å². The van der Waals surface area contributed by atoms with E-state index in [0.717, 1.165) is 0 Å². The Balaban J connectivity index is 1.79. The first-order chi connectivity index (χ1) is 11.6. The van der Waals surface area contributed by atoms with Crippen molar-refractivity contribution in [1.29, 1.82) is 0 Å². The summed E-state index contributed by atoms with van der Waals surface area (Å²) < 4.78 is 0. The van der Waals surface area contributed by atoms with E-state index in [2.05, 4.69) is 10.9 Å². The molecule has 6 nitrogen and oxygen atoms in total. The molecule has 2 atom stereocenters. The third kappa shape index (κ3) is 2.10. The summed E-state index contributed by atoms with van der Waals surface area (Å²) in [5.41, 5.74) is 1.86. The van der Waals surface area contributed by atoms with Crippen molar-refractivity contribution in [2.24, 2.45) is 16.2 Å². The maximum atomic E-state index is 12.8. The van der Waals surface area contributed by atoms with E-state index < -0.39 is 39.6 Å². The SMILES string of the molecule is CC12CCC(C(=O)NNC(=O)c3ccc(Cl)cc3)(C(=O)C1=O)C2(C)C. The number of hydrogen-bond acceptors (Lipinski definition) is 4. The predicted octanol–water partition coefficient (Wildman–Crippen LogP) is 2.07. The van der Waals surface area contributed by atoms with E-state index in [0.29, 0.717) is 23.4 Å². The molecule has 3 rings (SSSR count). The molecule has 2 aliphatic rings. The highest BCUT2D eigenvalue weighted by molar-refractivity contribution is 6.48. The van der Waals surface area contributed by atoms with Crippen LogP contribution < -0.4 is 10.9 Å². The summed E-state index contributed by atoms with van der Waals surface area (Å²) in [7, 11) is 0. The minimum absolute atomic E-state index is 0.295. The van der Waals surface area contributed by atoms with Gasteiger partial charge in [-0.05, 0) is 42.5 Å². The minimum atomic E-state index is -1.44. The Kier molecular flexibility index (Phi) is 3.80. The Morgan fingerprint density at radius 3 is 2.08 bits per heavy atom. The number of benzene rings is 1. The molecule has 2 bridgehead atoms. The summed E-state index contributed by atoms with van der Waals surface area (Å²) in [5, 5.41) is 0.488. The zero-order valence-electron chi connectivity index (χ0n) is 14.2. The van der Waals surface area contributed by atoms with Gasteiger partial charge in [-0.2, -0.15) is 0 Å². The molecule has 0 aromatic heterocycles. The van der Waals surface area contributed by atoms with Crippen molar-refractivity contribution in [1.82, 2.24) is 10.9 Å². The number of carbonyl (C=O) groups is 4. The number of hydrogen-bond donors (Lipinski definition) is 2. The van der Waals surface area contributed by atoms with Crippen LogP contribution in [-0.2, 0) is 14.4 Å². The number of amides is 2. The molecule has 25 heavy (non-hydrogen) atoms. The van der Waals surface area contributed by atoms with Gasteiger partial charge in [0.25, 0.3) is 11.8 Å². The zero-order valence-corrected chi connectivity index (χ0v) is 15.0. The number of ketones is 2. The fourth-order valence-electron chi connectivity index (χ4n) is 4.17. The predicted molar refractivity (Wildman–Crippen MR) is 90.6 cm³/mol. The van der Waals surface area contributed by atoms with Crippen molar-refractivity contribution in [2.45, 2.75) is 33.6 Å². The van der Waals surface area contributed by atoms with E-state index in [4.69, 9.17) is 11.6 Å². The van der Waals surface area contributed by atoms with Gasteiger partial charge in [-0.1, -0.05) is 32.4 Å². The van der Waals surface area contributed by atoms with Gasteiger partial charge in [0.1, 0.15) is 5.41 Å². The standard InChI is InChI=1S/C18H19ClN2O4/c1-16(2)17(3)8-9-18(16,13(23)12(17)22)15(25)21-20-14(24)10-4-6-11(19)7-5-10/h4-7H,8-9H2,1-3H3,(H,20,24)(H,21,25). The normalized spacial score (nSPS) is 29.6. The van der Waals surface area contributed by atoms with Crippen molar-refractivity contribution >= 4 is 35.0 Å². The number of halogens is 1. The molecule has 2 amide bonds. The van der Waals surface area contributed by atoms with Crippen molar-refractivity contribution in [3.05, 3.63) is 34.9 Å². The van der Waals surface area contributed by atoms with E-state index in [9.17, 15) is 19.2 Å². The van der Waals surface area contributed by atoms with Gasteiger partial charge in [-0.3, -0.25) is 30.0 Å². The van der Waals surface area contributed by atoms with E-state index in [-0.39, 0.29) is 0 Å². The average Bonchev–Trinajstić information content (AvgIpc) is 2.85. The highest BCUT2D eigenvalue weighted by Crippen LogP contribution is 2.68. The molecule has 0 radical (unpaired) electrons. The summed E-state index contributed by atoms with van der Waals surface area (Å²) >= 11 is 5.77. The lowest BCUT2D eigenvalue weighted by Gasteiger charge is -2.36. The molecular formula is C18H19ClN2O4. The summed E-state index contributed by atoms with van der Waals surface area (Å²) in [6.07, 6.45) is 0.771. The molecule has 0 spiro atoms. The first-order valence-electron chi connectivity index (χ1n) is 8.03. The summed E-state index contributed by atoms with van der Waals surface area (Å²) in [6.45, 7) is 5.27. The van der Waals surface area contributed by atoms with E-state index >= 15 is 0 Å². The van der Waals surface area contributed by atoms with Gasteiger partial charge in [0.2, 0.25) is 11.6 Å². The second-order valence-electron chi connectivity index (χ2n) is 7.44. The van der Waals surface area contributed by atoms with Gasteiger partial charge < -0.3 is 0 Å². The Labute approximate surface area is 150 Å². The minimum Gasteiger partial charge on any atom is -0.290 e. The number of carbonyl (C=O) groups excluding carboxylic acids is 4. The van der Waals surface area contributed by atoms with Crippen LogP contribution in [0.15, 0.2) is 24.3 Å². The van der Waals surface area contributed by atoms with Crippen LogP contribution in [0.2, 0.25) is 5.02 Å². The topological polar surface area (TPSA) is 92.3 Å². The Hall–Kier alpha value is -2.21. The lowest BCUT2D eigenvalue weighted by Crippen LogP contribution is -2.55. The molecule has 7 heteroatoms. The smallest absolute Gasteiger partial charge is 0.269 e. The third-order valence-corrected chi connectivity index (χ3v) is 6.58. The maximum absolute atomic E-state index is 12.8. The van der Waals surface area contributed by atoms with Gasteiger partial charge in [0.15, 0.2) is 0 Å². The second kappa shape index (κ2) is 5.39. The molecule has 2 aliphatic carbocycles. The van der Waals surface area contributed by atoms with Crippen LogP contribution in [0.5, 0.6) is 0 Å². The Bertz CT molecular complexity index is 802. The second-order valence-corrected chi connectivity index (χ2v) is 7.87. The molecule has 1 aromatic carbocycles. The van der Waals surface area contributed by atoms with Crippen LogP contribution >= 0.6 is 11.6 Å². The number of Topliss-reactive ketones (excluding diaryl/α,β-unsaturated/α-hetero) is 2. The lowest BCUT2D eigenvalue weighted by atomic mass is 9.64. The molecule has 0 saturated heterocycles. The Morgan fingerprint density at radius 1 is 0.960 bits per heavy atom. The average molecular weight is 363 g/mol. The van der Waals surface area contributed by atoms with E-state index in [1.54, 1.807) is 32.9 Å². The summed E-state index contributed by atoms with van der Waals surface area (Å²) in [5.74, 6) is -2.33. The van der Waals surface area contributed by atoms with Crippen LogP contribution in [0.4, 0.5) is 0 Å². The van der Waals surface area contributed by atoms with Crippen molar-refractivity contribution in [2.75, 3.05) is 0 Å². The van der Waals surface area contributed by atoms with Gasteiger partial charge in [0.05, 0.1) is 0 Å². The van der Waals surface area contributed by atoms with Gasteiger partial charge >= 0.3 is 0 Å². The molecule has 132 valence electrons. The summed E-state index contributed by atoms with van der Waals surface area (Å²) in [6, 6.07) is 6.15. The third-order valence-electron chi connectivity index (χ3n) is 6.32. The first-order valence-corrected chi connectivity index (χ1v) is 8.41. The quantitative estimate of drug-likeness (QED) is 0.478. The molecule has 0 heterocycles. The van der Waals surface area contributed by atoms with E-state index in [1.165, 1.54) is 12.1 Å². The molecule has 2 saturated carbocycles. The largest absolute Gasteiger partial charge is 0.290 e. The number of nitrogens with one attached hydrogen (secondary N) is 2. The molecule has 0 aliphatic heterocycles. The Morgan fingerprint density at radius 2 is 1.56 bits per heavy atom. The van der Waals surface area contributed by atoms with Gasteiger partial charge in [0, 0.05) is 16.0 Å². The zero-order chi connectivity index (χ0) is 18.6. The van der Waals surface area contributed by atoms with E-state index in [1.807, 2.05) is 0 Å². The molecule has 2 fully saturated rings. The first kappa shape index (κ1) is 17.6. The lowest BCUT2D eigenvalue weighted by molar-refractivity contribution is -0.149. The number of fused-ring (bicyclic) bond motifs is 2. The molecule has 1 aromatic rings. The van der Waals surface area contributed by atoms with Crippen molar-refractivity contribution in [3.8, 4) is 0 Å². The molecule has 2 unspecified atom stereocenters. The van der Waals surface area contributed by atoms with Crippen LogP contribution in [-0.4, -0.2) is 23.4 Å². The fraction of sp³-hybridized carbons (Fsp3) is 0.444. The van der Waals surface area contributed by atoms with Crippen molar-refractivity contribution in [3.63, 3.8) is 0 Å². The summed E-state index contributed by atoms with van der Waals surface area (Å²) in [4.78, 5) is 49.9. The van der Waals surface area contributed by atoms with Crippen LogP contribution in [0.1, 0.15) is 44.0 Å². The molecule has 2 N–H and O–H groups in total. The highest BCUT2D eigenvalue weighted by atomic mass is 35.5. The molecular weight excluding hydrogens is 344 g/mol.